The second-order valence-electron chi connectivity index (χ2n) is 5.92. The lowest BCUT2D eigenvalue weighted by molar-refractivity contribution is 0.140. The molecule has 10 heteroatoms. The van der Waals surface area contributed by atoms with Crippen LogP contribution in [0.5, 0.6) is 5.75 Å². The predicted molar refractivity (Wildman–Crippen MR) is 106 cm³/mol. The number of imidazole rings is 1. The highest BCUT2D eigenvalue weighted by molar-refractivity contribution is 5.80. The van der Waals surface area contributed by atoms with Gasteiger partial charge >= 0.3 is 5.69 Å². The van der Waals surface area contributed by atoms with Crippen molar-refractivity contribution in [3.8, 4) is 5.75 Å². The van der Waals surface area contributed by atoms with E-state index in [1.54, 1.807) is 24.9 Å². The van der Waals surface area contributed by atoms with E-state index in [1.165, 1.54) is 4.57 Å². The van der Waals surface area contributed by atoms with Crippen LogP contribution in [0, 0.1) is 0 Å². The Labute approximate surface area is 160 Å². The van der Waals surface area contributed by atoms with Gasteiger partial charge in [0.2, 0.25) is 5.95 Å². The maximum atomic E-state index is 12.3. The molecule has 0 amide bonds. The van der Waals surface area contributed by atoms with E-state index in [0.717, 1.165) is 11.3 Å². The third-order valence-corrected chi connectivity index (χ3v) is 4.16. The molecule has 0 fully saturated rings. The van der Waals surface area contributed by atoms with Gasteiger partial charge in [-0.05, 0) is 36.8 Å². The number of nitrogens with one attached hydrogen (secondary N) is 2. The molecule has 0 aliphatic heterocycles. The van der Waals surface area contributed by atoms with Crippen molar-refractivity contribution in [2.75, 3.05) is 25.7 Å². The molecule has 1 aromatic carbocycles. The first kappa shape index (κ1) is 19.4. The molecule has 0 aliphatic rings. The molecule has 2 N–H and O–H groups in total. The minimum Gasteiger partial charge on any atom is -0.497 e. The molecule has 3 rings (SSSR count). The maximum Gasteiger partial charge on any atom is 0.329 e. The molecule has 0 aliphatic carbocycles. The molecular formula is C18H22N6O4. The number of hydrazone groups is 1. The van der Waals surface area contributed by atoms with Crippen LogP contribution in [0.1, 0.15) is 12.5 Å². The van der Waals surface area contributed by atoms with E-state index in [-0.39, 0.29) is 11.2 Å². The quantitative estimate of drug-likeness (QED) is 0.338. The molecule has 0 atom stereocenters. The minimum atomic E-state index is -0.528. The van der Waals surface area contributed by atoms with Crippen molar-refractivity contribution in [2.45, 2.75) is 13.5 Å². The fourth-order valence-electron chi connectivity index (χ4n) is 2.69. The molecule has 0 saturated heterocycles. The molecule has 148 valence electrons. The standard InChI is InChI=1S/C18H22N6O4/c1-4-28-10-9-24-14-15(23(2)18(26)21-16(14)25)20-17(24)22-19-11-12-5-7-13(27-3)8-6-12/h5-8,11H,4,9-10H2,1-3H3,(H,20,22)(H,21,25,26)/b19-11-. The van der Waals surface area contributed by atoms with Crippen LogP contribution in [-0.2, 0) is 18.3 Å². The van der Waals surface area contributed by atoms with Gasteiger partial charge in [0.05, 0.1) is 19.9 Å². The summed E-state index contributed by atoms with van der Waals surface area (Å²) in [6, 6.07) is 7.37. The van der Waals surface area contributed by atoms with Gasteiger partial charge < -0.3 is 14.0 Å². The summed E-state index contributed by atoms with van der Waals surface area (Å²) in [4.78, 5) is 30.9. The minimum absolute atomic E-state index is 0.271. The Bertz CT molecular complexity index is 1090. The molecule has 2 heterocycles. The Morgan fingerprint density at radius 3 is 2.71 bits per heavy atom. The van der Waals surface area contributed by atoms with Crippen LogP contribution in [0.25, 0.3) is 11.2 Å². The lowest BCUT2D eigenvalue weighted by Gasteiger charge is -2.08. The Morgan fingerprint density at radius 1 is 1.29 bits per heavy atom. The number of ether oxygens (including phenoxy) is 2. The number of aryl methyl sites for hydroxylation is 1. The number of aromatic nitrogens is 4. The van der Waals surface area contributed by atoms with E-state index in [1.807, 2.05) is 31.2 Å². The molecule has 0 saturated carbocycles. The van der Waals surface area contributed by atoms with Crippen molar-refractivity contribution >= 4 is 23.3 Å². The number of hydrogen-bond donors (Lipinski definition) is 2. The van der Waals surface area contributed by atoms with E-state index in [0.29, 0.717) is 25.7 Å². The van der Waals surface area contributed by atoms with Gasteiger partial charge in [-0.2, -0.15) is 10.1 Å². The largest absolute Gasteiger partial charge is 0.497 e. The van der Waals surface area contributed by atoms with Crippen LogP contribution in [0.15, 0.2) is 39.0 Å². The molecule has 0 bridgehead atoms. The Morgan fingerprint density at radius 2 is 2.04 bits per heavy atom. The summed E-state index contributed by atoms with van der Waals surface area (Å²) in [7, 11) is 3.15. The normalized spacial score (nSPS) is 11.4. The lowest BCUT2D eigenvalue weighted by atomic mass is 10.2. The highest BCUT2D eigenvalue weighted by Gasteiger charge is 2.16. The summed E-state index contributed by atoms with van der Waals surface area (Å²) in [5.74, 6) is 1.09. The Kier molecular flexibility index (Phi) is 5.90. The number of benzene rings is 1. The second kappa shape index (κ2) is 8.53. The number of hydrogen-bond acceptors (Lipinski definition) is 7. The molecule has 3 aromatic rings. The summed E-state index contributed by atoms with van der Waals surface area (Å²) in [5, 5.41) is 4.19. The fourth-order valence-corrected chi connectivity index (χ4v) is 2.69. The highest BCUT2D eigenvalue weighted by atomic mass is 16.5. The van der Waals surface area contributed by atoms with Crippen LogP contribution >= 0.6 is 0 Å². The van der Waals surface area contributed by atoms with E-state index in [2.05, 4.69) is 20.5 Å². The average molecular weight is 386 g/mol. The van der Waals surface area contributed by atoms with Gasteiger partial charge in [0.25, 0.3) is 5.56 Å². The van der Waals surface area contributed by atoms with Crippen LogP contribution in [0.4, 0.5) is 5.95 Å². The first-order chi connectivity index (χ1) is 13.5. The van der Waals surface area contributed by atoms with Crippen molar-refractivity contribution in [2.24, 2.45) is 12.1 Å². The van der Waals surface area contributed by atoms with Crippen LogP contribution in [-0.4, -0.2) is 45.6 Å². The van der Waals surface area contributed by atoms with Gasteiger partial charge in [-0.15, -0.1) is 0 Å². The molecule has 0 unspecified atom stereocenters. The van der Waals surface area contributed by atoms with Crippen molar-refractivity contribution < 1.29 is 9.47 Å². The molecule has 0 radical (unpaired) electrons. The van der Waals surface area contributed by atoms with Crippen LogP contribution < -0.4 is 21.4 Å². The van der Waals surface area contributed by atoms with Gasteiger partial charge in [0.15, 0.2) is 11.2 Å². The zero-order valence-electron chi connectivity index (χ0n) is 15.9. The van der Waals surface area contributed by atoms with Gasteiger partial charge in [0, 0.05) is 20.2 Å². The molecular weight excluding hydrogens is 364 g/mol. The maximum absolute atomic E-state index is 12.3. The van der Waals surface area contributed by atoms with E-state index in [4.69, 9.17) is 9.47 Å². The Hall–Kier alpha value is -3.40. The monoisotopic (exact) mass is 386 g/mol. The van der Waals surface area contributed by atoms with Gasteiger partial charge in [-0.25, -0.2) is 10.2 Å². The van der Waals surface area contributed by atoms with Crippen molar-refractivity contribution in [1.82, 2.24) is 19.1 Å². The number of aromatic amines is 1. The molecule has 0 spiro atoms. The number of anilines is 1. The van der Waals surface area contributed by atoms with Crippen LogP contribution in [0.2, 0.25) is 0 Å². The first-order valence-electron chi connectivity index (χ1n) is 8.75. The number of nitrogens with zero attached hydrogens (tertiary/aromatic N) is 4. The molecule has 10 nitrogen and oxygen atoms in total. The lowest BCUT2D eigenvalue weighted by Crippen LogP contribution is -2.29. The average Bonchev–Trinajstić information content (AvgIpc) is 3.06. The number of H-pyrrole nitrogens is 1. The van der Waals surface area contributed by atoms with Gasteiger partial charge in [-0.1, -0.05) is 0 Å². The summed E-state index contributed by atoms with van der Waals surface area (Å²) < 4.78 is 13.4. The SMILES string of the molecule is CCOCCn1c(N/N=C\c2ccc(OC)cc2)nc2c1c(=O)[nH]c(=O)n2C. The van der Waals surface area contributed by atoms with Crippen molar-refractivity contribution in [3.05, 3.63) is 50.7 Å². The predicted octanol–water partition coefficient (Wildman–Crippen LogP) is 0.914. The molecule has 2 aromatic heterocycles. The number of rotatable bonds is 8. The Balaban J connectivity index is 1.94. The van der Waals surface area contributed by atoms with Gasteiger partial charge in [0.1, 0.15) is 5.75 Å². The van der Waals surface area contributed by atoms with Crippen molar-refractivity contribution in [3.63, 3.8) is 0 Å². The second-order valence-corrected chi connectivity index (χ2v) is 5.92. The van der Waals surface area contributed by atoms with Crippen LogP contribution in [0.3, 0.4) is 0 Å². The highest BCUT2D eigenvalue weighted by Crippen LogP contribution is 2.15. The topological polar surface area (TPSA) is 116 Å². The summed E-state index contributed by atoms with van der Waals surface area (Å²) in [6.07, 6.45) is 1.62. The fraction of sp³-hybridized carbons (Fsp3) is 0.333. The number of methoxy groups -OCH3 is 1. The van der Waals surface area contributed by atoms with E-state index < -0.39 is 11.2 Å². The molecule has 28 heavy (non-hydrogen) atoms. The van der Waals surface area contributed by atoms with E-state index >= 15 is 0 Å². The zero-order valence-corrected chi connectivity index (χ0v) is 15.9. The third-order valence-electron chi connectivity index (χ3n) is 4.16. The smallest absolute Gasteiger partial charge is 0.329 e. The first-order valence-corrected chi connectivity index (χ1v) is 8.75. The summed E-state index contributed by atoms with van der Waals surface area (Å²) >= 11 is 0. The number of fused-ring (bicyclic) bond motifs is 1. The summed E-state index contributed by atoms with van der Waals surface area (Å²) in [6.45, 7) is 3.22. The van der Waals surface area contributed by atoms with Gasteiger partial charge in [-0.3, -0.25) is 14.3 Å². The third kappa shape index (κ3) is 3.96. The van der Waals surface area contributed by atoms with Crippen molar-refractivity contribution in [1.29, 1.82) is 0 Å². The van der Waals surface area contributed by atoms with E-state index in [9.17, 15) is 9.59 Å². The zero-order chi connectivity index (χ0) is 20.1. The summed E-state index contributed by atoms with van der Waals surface area (Å²) in [5.41, 5.74) is 3.22.